The van der Waals surface area contributed by atoms with E-state index in [1.54, 1.807) is 30.2 Å². The highest BCUT2D eigenvalue weighted by molar-refractivity contribution is 6.32. The van der Waals surface area contributed by atoms with E-state index in [0.29, 0.717) is 53.5 Å². The van der Waals surface area contributed by atoms with Crippen LogP contribution in [0.15, 0.2) is 41.2 Å². The third kappa shape index (κ3) is 3.93. The lowest BCUT2D eigenvalue weighted by Gasteiger charge is -2.37. The molecule has 7 nitrogen and oxygen atoms in total. The number of anilines is 1. The maximum atomic E-state index is 12.9. The Morgan fingerprint density at radius 3 is 2.52 bits per heavy atom. The number of H-pyrrole nitrogens is 2. The highest BCUT2D eigenvalue weighted by Gasteiger charge is 2.28. The number of carbonyl (C=O) groups is 1. The molecule has 1 aliphatic heterocycles. The quantitative estimate of drug-likeness (QED) is 0.617. The summed E-state index contributed by atoms with van der Waals surface area (Å²) in [7, 11) is 1.59. The fourth-order valence-corrected chi connectivity index (χ4v) is 4.01. The number of nitrogens with zero attached hydrogens (tertiary/aromatic N) is 2. The number of rotatable bonds is 4. The molecule has 0 bridgehead atoms. The predicted octanol–water partition coefficient (Wildman–Crippen LogP) is 3.15. The molecule has 2 heterocycles. The number of aromatic nitrogens is 2. The van der Waals surface area contributed by atoms with Crippen molar-refractivity contribution >= 4 is 45.8 Å². The number of carbonyl (C=O) groups excluding carboxylic acids is 1. The van der Waals surface area contributed by atoms with E-state index in [1.165, 1.54) is 0 Å². The van der Waals surface area contributed by atoms with Crippen molar-refractivity contribution in [2.24, 2.45) is 0 Å². The average molecular weight is 435 g/mol. The summed E-state index contributed by atoms with van der Waals surface area (Å²) in [5.41, 5.74) is 2.69. The lowest BCUT2D eigenvalue weighted by molar-refractivity contribution is -0.131. The summed E-state index contributed by atoms with van der Waals surface area (Å²) in [4.78, 5) is 33.6. The van der Waals surface area contributed by atoms with Gasteiger partial charge in [0.15, 0.2) is 0 Å². The van der Waals surface area contributed by atoms with Crippen LogP contribution in [0.4, 0.5) is 5.69 Å². The second kappa shape index (κ2) is 8.00. The fraction of sp³-hybridized carbons (Fsp3) is 0.300. The monoisotopic (exact) mass is 434 g/mol. The van der Waals surface area contributed by atoms with Gasteiger partial charge in [-0.2, -0.15) is 0 Å². The Balaban J connectivity index is 1.43. The first kappa shape index (κ1) is 19.7. The van der Waals surface area contributed by atoms with Crippen molar-refractivity contribution < 1.29 is 9.53 Å². The first-order chi connectivity index (χ1) is 14.0. The van der Waals surface area contributed by atoms with Gasteiger partial charge in [-0.05, 0) is 29.8 Å². The molecule has 1 atom stereocenters. The lowest BCUT2D eigenvalue weighted by atomic mass is 10.1. The van der Waals surface area contributed by atoms with Crippen LogP contribution in [0.25, 0.3) is 11.0 Å². The van der Waals surface area contributed by atoms with Crippen molar-refractivity contribution in [2.75, 3.05) is 38.2 Å². The fourth-order valence-electron chi connectivity index (χ4n) is 3.54. The number of methoxy groups -OCH3 is 1. The van der Waals surface area contributed by atoms with Crippen molar-refractivity contribution in [3.05, 3.63) is 57.5 Å². The highest BCUT2D eigenvalue weighted by Crippen LogP contribution is 2.30. The summed E-state index contributed by atoms with van der Waals surface area (Å²) in [6.07, 6.45) is 0. The molecule has 1 unspecified atom stereocenters. The number of amides is 1. The zero-order valence-electron chi connectivity index (χ0n) is 15.7. The van der Waals surface area contributed by atoms with E-state index in [9.17, 15) is 9.59 Å². The first-order valence-corrected chi connectivity index (χ1v) is 10.0. The minimum Gasteiger partial charge on any atom is -0.495 e. The van der Waals surface area contributed by atoms with E-state index in [1.807, 2.05) is 18.2 Å². The molecular formula is C20H20Cl2N4O3. The third-order valence-electron chi connectivity index (χ3n) is 5.14. The molecule has 4 rings (SSSR count). The predicted molar refractivity (Wildman–Crippen MR) is 114 cm³/mol. The average Bonchev–Trinajstić information content (AvgIpc) is 3.12. The molecule has 152 valence electrons. The Bertz CT molecular complexity index is 1100. The molecule has 1 aliphatic rings. The van der Waals surface area contributed by atoms with Gasteiger partial charge in [-0.15, -0.1) is 11.6 Å². The topological polar surface area (TPSA) is 81.4 Å². The molecule has 0 saturated carbocycles. The summed E-state index contributed by atoms with van der Waals surface area (Å²) < 4.78 is 5.28. The normalized spacial score (nSPS) is 15.6. The lowest BCUT2D eigenvalue weighted by Crippen LogP contribution is -2.49. The molecule has 1 fully saturated rings. The number of piperazine rings is 1. The van der Waals surface area contributed by atoms with E-state index in [4.69, 9.17) is 27.9 Å². The summed E-state index contributed by atoms with van der Waals surface area (Å²) in [5, 5.41) is -0.240. The van der Waals surface area contributed by atoms with Crippen LogP contribution in [0.2, 0.25) is 5.02 Å². The van der Waals surface area contributed by atoms with E-state index < -0.39 is 5.38 Å². The number of hydrogen-bond acceptors (Lipinski definition) is 4. The Morgan fingerprint density at radius 2 is 1.79 bits per heavy atom. The van der Waals surface area contributed by atoms with Gasteiger partial charge in [0.25, 0.3) is 0 Å². The van der Waals surface area contributed by atoms with Crippen molar-refractivity contribution in [1.82, 2.24) is 14.9 Å². The molecule has 1 aromatic heterocycles. The first-order valence-electron chi connectivity index (χ1n) is 9.19. The van der Waals surface area contributed by atoms with Crippen molar-refractivity contribution in [2.45, 2.75) is 5.38 Å². The minimum atomic E-state index is -0.806. The van der Waals surface area contributed by atoms with Crippen LogP contribution < -0.4 is 15.3 Å². The number of hydrogen-bond donors (Lipinski definition) is 2. The van der Waals surface area contributed by atoms with Gasteiger partial charge in [0.2, 0.25) is 5.91 Å². The molecule has 0 spiro atoms. The number of ether oxygens (including phenoxy) is 1. The number of halogens is 2. The summed E-state index contributed by atoms with van der Waals surface area (Å²) >= 11 is 12.6. The van der Waals surface area contributed by atoms with Crippen LogP contribution in [0, 0.1) is 0 Å². The molecule has 0 aliphatic carbocycles. The van der Waals surface area contributed by atoms with Gasteiger partial charge in [0, 0.05) is 37.9 Å². The number of imidazole rings is 1. The van der Waals surface area contributed by atoms with Gasteiger partial charge < -0.3 is 24.5 Å². The minimum absolute atomic E-state index is 0.141. The molecule has 2 aromatic carbocycles. The smallest absolute Gasteiger partial charge is 0.323 e. The van der Waals surface area contributed by atoms with Crippen LogP contribution in [-0.2, 0) is 4.79 Å². The van der Waals surface area contributed by atoms with Gasteiger partial charge in [-0.1, -0.05) is 17.7 Å². The Labute approximate surface area is 177 Å². The zero-order chi connectivity index (χ0) is 20.5. The molecule has 9 heteroatoms. The summed E-state index contributed by atoms with van der Waals surface area (Å²) in [6, 6.07) is 10.9. The van der Waals surface area contributed by atoms with E-state index in [0.717, 1.165) is 5.69 Å². The molecule has 2 N–H and O–H groups in total. The largest absolute Gasteiger partial charge is 0.495 e. The van der Waals surface area contributed by atoms with E-state index in [2.05, 4.69) is 14.9 Å². The summed E-state index contributed by atoms with van der Waals surface area (Å²) in [5.74, 6) is 0.485. The molecule has 0 radical (unpaired) electrons. The van der Waals surface area contributed by atoms with Gasteiger partial charge in [0.05, 0.1) is 23.2 Å². The third-order valence-corrected chi connectivity index (χ3v) is 5.89. The van der Waals surface area contributed by atoms with E-state index >= 15 is 0 Å². The molecule has 3 aromatic rings. The SMILES string of the molecule is COc1cc(N2CCN(C(=O)C(Cl)c3ccc4[nH]c(=O)[nH]c4c3)CC2)ccc1Cl. The standard InChI is InChI=1S/C20H20Cl2N4O3/c1-29-17-11-13(3-4-14(17)21)25-6-8-26(9-7-25)19(27)18(22)12-2-5-15-16(10-12)24-20(28)23-15/h2-5,10-11,18H,6-9H2,1H3,(H2,23,24,28). The second-order valence-corrected chi connectivity index (χ2v) is 7.72. The van der Waals surface area contributed by atoms with Crippen LogP contribution in [-0.4, -0.2) is 54.1 Å². The van der Waals surface area contributed by atoms with Crippen LogP contribution in [0.5, 0.6) is 5.75 Å². The Kier molecular flexibility index (Phi) is 5.43. The number of fused-ring (bicyclic) bond motifs is 1. The number of nitrogens with one attached hydrogen (secondary N) is 2. The Morgan fingerprint density at radius 1 is 1.07 bits per heavy atom. The molecule has 1 amide bonds. The maximum absolute atomic E-state index is 12.9. The number of benzene rings is 2. The number of alkyl halides is 1. The zero-order valence-corrected chi connectivity index (χ0v) is 17.3. The van der Waals surface area contributed by atoms with Crippen LogP contribution >= 0.6 is 23.2 Å². The maximum Gasteiger partial charge on any atom is 0.323 e. The van der Waals surface area contributed by atoms with Gasteiger partial charge in [0.1, 0.15) is 11.1 Å². The number of aromatic amines is 2. The van der Waals surface area contributed by atoms with Crippen molar-refractivity contribution in [3.63, 3.8) is 0 Å². The molecule has 1 saturated heterocycles. The molecule has 29 heavy (non-hydrogen) atoms. The Hall–Kier alpha value is -2.64. The van der Waals surface area contributed by atoms with Crippen LogP contribution in [0.1, 0.15) is 10.9 Å². The van der Waals surface area contributed by atoms with Gasteiger partial charge in [-0.3, -0.25) is 4.79 Å². The van der Waals surface area contributed by atoms with E-state index in [-0.39, 0.29) is 11.6 Å². The second-order valence-electron chi connectivity index (χ2n) is 6.88. The summed E-state index contributed by atoms with van der Waals surface area (Å²) in [6.45, 7) is 2.50. The highest BCUT2D eigenvalue weighted by atomic mass is 35.5. The molecular weight excluding hydrogens is 415 g/mol. The van der Waals surface area contributed by atoms with Crippen molar-refractivity contribution in [1.29, 1.82) is 0 Å². The van der Waals surface area contributed by atoms with Crippen LogP contribution in [0.3, 0.4) is 0 Å². The van der Waals surface area contributed by atoms with Gasteiger partial charge >= 0.3 is 5.69 Å². The van der Waals surface area contributed by atoms with Crippen molar-refractivity contribution in [3.8, 4) is 5.75 Å². The van der Waals surface area contributed by atoms with Gasteiger partial charge in [-0.25, -0.2) is 4.79 Å².